The van der Waals surface area contributed by atoms with Gasteiger partial charge in [-0.25, -0.2) is 14.6 Å². The fourth-order valence-corrected chi connectivity index (χ4v) is 5.65. The quantitative estimate of drug-likeness (QED) is 0.555. The van der Waals surface area contributed by atoms with Gasteiger partial charge in [0.1, 0.15) is 0 Å². The van der Waals surface area contributed by atoms with Crippen molar-refractivity contribution in [2.24, 2.45) is 5.41 Å². The van der Waals surface area contributed by atoms with E-state index in [4.69, 9.17) is 32.9 Å². The highest BCUT2D eigenvalue weighted by atomic mass is 35.5. The number of nitrogens with zero attached hydrogens (tertiary/aromatic N) is 5. The van der Waals surface area contributed by atoms with E-state index in [2.05, 4.69) is 20.3 Å². The number of ether oxygens (including phenoxy) is 1. The maximum absolute atomic E-state index is 10.8. The van der Waals surface area contributed by atoms with Crippen LogP contribution in [0.15, 0.2) is 24.5 Å². The molecule has 1 saturated carbocycles. The second-order valence-electron chi connectivity index (χ2n) is 9.74. The van der Waals surface area contributed by atoms with Gasteiger partial charge in [-0.3, -0.25) is 0 Å². The molecule has 2 aliphatic heterocycles. The molecule has 0 bridgehead atoms. The van der Waals surface area contributed by atoms with Crippen molar-refractivity contribution in [1.82, 2.24) is 19.7 Å². The third-order valence-corrected chi connectivity index (χ3v) is 8.17. The molecular formula is C23H26Cl2N6O2. The third-order valence-electron chi connectivity index (χ3n) is 7.49. The normalized spacial score (nSPS) is 24.7. The van der Waals surface area contributed by atoms with E-state index in [1.54, 1.807) is 12.4 Å². The Kier molecular flexibility index (Phi) is 4.99. The second kappa shape index (κ2) is 7.70. The van der Waals surface area contributed by atoms with Gasteiger partial charge in [0, 0.05) is 30.1 Å². The van der Waals surface area contributed by atoms with Crippen LogP contribution in [0.4, 0.5) is 17.3 Å². The number of fused-ring (bicyclic) bond motifs is 1. The van der Waals surface area contributed by atoms with E-state index >= 15 is 0 Å². The van der Waals surface area contributed by atoms with Gasteiger partial charge in [-0.2, -0.15) is 5.10 Å². The molecule has 2 saturated heterocycles. The third kappa shape index (κ3) is 3.64. The minimum atomic E-state index is -0.783. The second-order valence-corrected chi connectivity index (χ2v) is 10.5. The molecule has 10 heteroatoms. The van der Waals surface area contributed by atoms with Crippen LogP contribution in [0.3, 0.4) is 0 Å². The van der Waals surface area contributed by atoms with Crippen LogP contribution in [0.2, 0.25) is 10.2 Å². The minimum absolute atomic E-state index is 0.184. The van der Waals surface area contributed by atoms with Gasteiger partial charge in [-0.1, -0.05) is 23.2 Å². The summed E-state index contributed by atoms with van der Waals surface area (Å²) in [6, 6.07) is 4.33. The molecule has 2 aromatic heterocycles. The monoisotopic (exact) mass is 488 g/mol. The van der Waals surface area contributed by atoms with Crippen molar-refractivity contribution in [1.29, 1.82) is 0 Å². The smallest absolute Gasteiger partial charge is 0.227 e. The minimum Gasteiger partial charge on any atom is -0.387 e. The van der Waals surface area contributed by atoms with Gasteiger partial charge in [-0.05, 0) is 44.7 Å². The van der Waals surface area contributed by atoms with E-state index in [-0.39, 0.29) is 5.41 Å². The van der Waals surface area contributed by atoms with Gasteiger partial charge in [0.05, 0.1) is 53.0 Å². The molecule has 2 N–H and O–H groups in total. The predicted molar refractivity (Wildman–Crippen MR) is 129 cm³/mol. The van der Waals surface area contributed by atoms with Gasteiger partial charge < -0.3 is 20.1 Å². The first kappa shape index (κ1) is 21.4. The number of nitrogens with one attached hydrogen (secondary N) is 1. The van der Waals surface area contributed by atoms with Gasteiger partial charge in [0.2, 0.25) is 5.95 Å². The molecule has 6 rings (SSSR count). The van der Waals surface area contributed by atoms with Gasteiger partial charge in [0.15, 0.2) is 5.15 Å². The molecule has 1 aliphatic carbocycles. The highest BCUT2D eigenvalue weighted by Gasteiger charge is 2.53. The van der Waals surface area contributed by atoms with Crippen molar-refractivity contribution in [2.45, 2.75) is 44.2 Å². The van der Waals surface area contributed by atoms with Crippen LogP contribution < -0.4 is 10.2 Å². The van der Waals surface area contributed by atoms with Crippen LogP contribution in [0, 0.1) is 5.41 Å². The molecule has 33 heavy (non-hydrogen) atoms. The number of halogens is 2. The number of anilines is 3. The maximum atomic E-state index is 10.8. The molecule has 4 heterocycles. The van der Waals surface area contributed by atoms with Crippen LogP contribution in [0.5, 0.6) is 0 Å². The Hall–Kier alpha value is -2.13. The van der Waals surface area contributed by atoms with Crippen LogP contribution in [-0.4, -0.2) is 56.8 Å². The van der Waals surface area contributed by atoms with Crippen molar-refractivity contribution in [3.63, 3.8) is 0 Å². The molecule has 3 fully saturated rings. The first-order valence-electron chi connectivity index (χ1n) is 11.4. The van der Waals surface area contributed by atoms with Crippen molar-refractivity contribution < 1.29 is 9.84 Å². The molecule has 1 atom stereocenters. The fraction of sp³-hybridized carbons (Fsp3) is 0.522. The molecule has 1 aromatic carbocycles. The van der Waals surface area contributed by atoms with Crippen LogP contribution in [0.1, 0.15) is 38.6 Å². The zero-order valence-corrected chi connectivity index (χ0v) is 19.9. The number of rotatable bonds is 4. The van der Waals surface area contributed by atoms with Crippen LogP contribution in [-0.2, 0) is 4.74 Å². The molecule has 8 nitrogen and oxygen atoms in total. The zero-order chi connectivity index (χ0) is 22.8. The van der Waals surface area contributed by atoms with Crippen molar-refractivity contribution in [3.05, 3.63) is 34.7 Å². The molecular weight excluding hydrogens is 463 g/mol. The summed E-state index contributed by atoms with van der Waals surface area (Å²) in [5.74, 6) is 0.463. The van der Waals surface area contributed by atoms with Crippen molar-refractivity contribution in [3.8, 4) is 0 Å². The Balaban J connectivity index is 1.25. The summed E-state index contributed by atoms with van der Waals surface area (Å²) < 4.78 is 7.48. The molecule has 3 aliphatic rings. The molecule has 0 amide bonds. The average molecular weight is 489 g/mol. The number of hydrogen-bond donors (Lipinski definition) is 2. The number of piperidine rings is 1. The highest BCUT2D eigenvalue weighted by Crippen LogP contribution is 2.47. The van der Waals surface area contributed by atoms with E-state index in [1.165, 1.54) is 0 Å². The van der Waals surface area contributed by atoms with E-state index in [0.717, 1.165) is 55.4 Å². The highest BCUT2D eigenvalue weighted by molar-refractivity contribution is 6.34. The number of benzene rings is 1. The van der Waals surface area contributed by atoms with E-state index in [1.807, 2.05) is 23.7 Å². The first-order chi connectivity index (χ1) is 15.9. The summed E-state index contributed by atoms with van der Waals surface area (Å²) in [6.45, 7) is 4.51. The standard InChI is InChI=1S/C23H26Cl2N6O2/c1-22(32)12-33-13-23(22)4-6-30(7-5-23)19-9-17-14(8-16(19)24)10-26-21(28-17)29-18-11-27-31(20(18)25)15-2-3-15/h8-11,15,32H,2-7,12-13H2,1H3,(H,26,28,29)/t22-/m1/s1. The van der Waals surface area contributed by atoms with Crippen molar-refractivity contribution in [2.75, 3.05) is 36.5 Å². The topological polar surface area (TPSA) is 88.3 Å². The Morgan fingerprint density at radius 3 is 2.64 bits per heavy atom. The van der Waals surface area contributed by atoms with Crippen molar-refractivity contribution >= 4 is 51.4 Å². The molecule has 3 aromatic rings. The lowest BCUT2D eigenvalue weighted by Crippen LogP contribution is -2.52. The molecule has 1 spiro atoms. The summed E-state index contributed by atoms with van der Waals surface area (Å²) >= 11 is 13.1. The summed E-state index contributed by atoms with van der Waals surface area (Å²) in [5.41, 5.74) is 1.48. The Bertz CT molecular complexity index is 1220. The summed E-state index contributed by atoms with van der Waals surface area (Å²) in [6.07, 6.45) is 7.41. The lowest BCUT2D eigenvalue weighted by atomic mass is 9.69. The Morgan fingerprint density at radius 1 is 1.15 bits per heavy atom. The Labute approximate surface area is 201 Å². The fourth-order valence-electron chi connectivity index (χ4n) is 5.08. The summed E-state index contributed by atoms with van der Waals surface area (Å²) in [5, 5.41) is 20.5. The van der Waals surface area contributed by atoms with E-state index in [9.17, 15) is 5.11 Å². The lowest BCUT2D eigenvalue weighted by Gasteiger charge is -2.45. The lowest BCUT2D eigenvalue weighted by molar-refractivity contribution is -0.0447. The van der Waals surface area contributed by atoms with Gasteiger partial charge in [0.25, 0.3) is 0 Å². The summed E-state index contributed by atoms with van der Waals surface area (Å²) in [4.78, 5) is 11.4. The molecule has 0 unspecified atom stereocenters. The molecule has 174 valence electrons. The molecule has 0 radical (unpaired) electrons. The van der Waals surface area contributed by atoms with Gasteiger partial charge in [-0.15, -0.1) is 0 Å². The van der Waals surface area contributed by atoms with Gasteiger partial charge >= 0.3 is 0 Å². The largest absolute Gasteiger partial charge is 0.387 e. The number of aromatic nitrogens is 4. The Morgan fingerprint density at radius 2 is 1.94 bits per heavy atom. The predicted octanol–water partition coefficient (Wildman–Crippen LogP) is 4.58. The number of hydrogen-bond acceptors (Lipinski definition) is 7. The van der Waals surface area contributed by atoms with E-state index in [0.29, 0.717) is 41.1 Å². The number of aliphatic hydroxyl groups is 1. The first-order valence-corrected chi connectivity index (χ1v) is 12.1. The zero-order valence-electron chi connectivity index (χ0n) is 18.4. The maximum Gasteiger partial charge on any atom is 0.227 e. The summed E-state index contributed by atoms with van der Waals surface area (Å²) in [7, 11) is 0. The van der Waals surface area contributed by atoms with Crippen LogP contribution >= 0.6 is 23.2 Å². The SMILES string of the molecule is C[C@@]1(O)COCC12CCN(c1cc3nc(Nc4cnn(C5CC5)c4Cl)ncc3cc1Cl)CC2. The average Bonchev–Trinajstić information content (AvgIpc) is 3.51. The van der Waals surface area contributed by atoms with E-state index < -0.39 is 5.60 Å². The van der Waals surface area contributed by atoms with Crippen LogP contribution in [0.25, 0.3) is 10.9 Å².